The first-order chi connectivity index (χ1) is 14.6. The van der Waals surface area contributed by atoms with E-state index in [0.717, 1.165) is 50.9 Å². The molecule has 5 rings (SSSR count). The van der Waals surface area contributed by atoms with Gasteiger partial charge in [-0.25, -0.2) is 4.98 Å². The fourth-order valence-corrected chi connectivity index (χ4v) is 4.20. The van der Waals surface area contributed by atoms with Gasteiger partial charge in [0.25, 0.3) is 0 Å². The van der Waals surface area contributed by atoms with Gasteiger partial charge in [-0.2, -0.15) is 0 Å². The molecule has 2 aromatic carbocycles. The van der Waals surface area contributed by atoms with Gasteiger partial charge in [0.05, 0.1) is 29.4 Å². The van der Waals surface area contributed by atoms with E-state index in [2.05, 4.69) is 27.2 Å². The second kappa shape index (κ2) is 7.18. The zero-order valence-corrected chi connectivity index (χ0v) is 17.2. The molecular formula is C23H24N4O3. The predicted molar refractivity (Wildman–Crippen MR) is 115 cm³/mol. The van der Waals surface area contributed by atoms with Crippen LogP contribution in [0.1, 0.15) is 30.0 Å². The zero-order valence-electron chi connectivity index (χ0n) is 17.2. The molecule has 154 valence electrons. The summed E-state index contributed by atoms with van der Waals surface area (Å²) in [6.45, 7) is 6.28. The van der Waals surface area contributed by atoms with Gasteiger partial charge in [-0.3, -0.25) is 4.57 Å². The monoisotopic (exact) mass is 404 g/mol. The van der Waals surface area contributed by atoms with Gasteiger partial charge >= 0.3 is 0 Å². The predicted octanol–water partition coefficient (Wildman–Crippen LogP) is 4.08. The van der Waals surface area contributed by atoms with Crippen molar-refractivity contribution in [1.29, 1.82) is 0 Å². The maximum Gasteiger partial charge on any atom is 0.204 e. The van der Waals surface area contributed by atoms with Crippen molar-refractivity contribution in [2.75, 3.05) is 18.5 Å². The lowest BCUT2D eigenvalue weighted by molar-refractivity contribution is 0.259. The molecule has 1 aliphatic heterocycles. The molecule has 0 spiro atoms. The average molecular weight is 404 g/mol. The standard InChI is InChI=1S/C23H24N4O3/c1-13(11-28)24-23-25-18-10-9-17(20-14(2)26-30-15(20)3)22-21(18)27(23)19(12-29-22)16-7-5-4-6-8-16/h4-10,13,19,28H,11-12H2,1-3H3,(H,24,25). The number of hydrogen-bond acceptors (Lipinski definition) is 6. The largest absolute Gasteiger partial charge is 0.488 e. The van der Waals surface area contributed by atoms with Gasteiger partial charge in [-0.05, 0) is 38.5 Å². The summed E-state index contributed by atoms with van der Waals surface area (Å²) >= 11 is 0. The second-order valence-electron chi connectivity index (χ2n) is 7.78. The van der Waals surface area contributed by atoms with Crippen LogP contribution in [0.3, 0.4) is 0 Å². The summed E-state index contributed by atoms with van der Waals surface area (Å²) < 4.78 is 14.0. The minimum absolute atomic E-state index is 0.0207. The van der Waals surface area contributed by atoms with Gasteiger partial charge in [0, 0.05) is 11.6 Å². The van der Waals surface area contributed by atoms with E-state index in [1.54, 1.807) is 0 Å². The molecule has 4 aromatic rings. The highest BCUT2D eigenvalue weighted by atomic mass is 16.5. The molecule has 2 N–H and O–H groups in total. The van der Waals surface area contributed by atoms with Gasteiger partial charge < -0.3 is 19.7 Å². The highest BCUT2D eigenvalue weighted by Gasteiger charge is 2.31. The number of anilines is 1. The van der Waals surface area contributed by atoms with Crippen molar-refractivity contribution in [2.45, 2.75) is 32.9 Å². The van der Waals surface area contributed by atoms with E-state index in [9.17, 15) is 5.11 Å². The Kier molecular flexibility index (Phi) is 4.47. The summed E-state index contributed by atoms with van der Waals surface area (Å²) in [4.78, 5) is 4.84. The minimum Gasteiger partial charge on any atom is -0.488 e. The number of nitrogens with zero attached hydrogens (tertiary/aromatic N) is 3. The van der Waals surface area contributed by atoms with Crippen LogP contribution in [-0.2, 0) is 0 Å². The first kappa shape index (κ1) is 18.7. The number of hydrogen-bond donors (Lipinski definition) is 2. The molecule has 2 atom stereocenters. The maximum absolute atomic E-state index is 9.57. The summed E-state index contributed by atoms with van der Waals surface area (Å²) in [5.74, 6) is 2.27. The number of aliphatic hydroxyl groups is 1. The normalized spacial score (nSPS) is 16.5. The summed E-state index contributed by atoms with van der Waals surface area (Å²) in [6, 6.07) is 14.1. The Morgan fingerprint density at radius 2 is 2.00 bits per heavy atom. The first-order valence-corrected chi connectivity index (χ1v) is 10.1. The van der Waals surface area contributed by atoms with Crippen LogP contribution in [0.5, 0.6) is 5.75 Å². The van der Waals surface area contributed by atoms with E-state index in [-0.39, 0.29) is 18.7 Å². The van der Waals surface area contributed by atoms with Crippen LogP contribution < -0.4 is 10.1 Å². The van der Waals surface area contributed by atoms with Gasteiger partial charge in [0.15, 0.2) is 5.75 Å². The number of nitrogens with one attached hydrogen (secondary N) is 1. The van der Waals surface area contributed by atoms with Crippen molar-refractivity contribution in [1.82, 2.24) is 14.7 Å². The van der Waals surface area contributed by atoms with E-state index in [1.807, 2.05) is 51.1 Å². The van der Waals surface area contributed by atoms with Crippen LogP contribution in [0.2, 0.25) is 0 Å². The molecule has 3 heterocycles. The van der Waals surface area contributed by atoms with E-state index < -0.39 is 0 Å². The molecule has 0 amide bonds. The molecule has 0 bridgehead atoms. The zero-order chi connectivity index (χ0) is 20.8. The lowest BCUT2D eigenvalue weighted by Crippen LogP contribution is -2.28. The third kappa shape index (κ3) is 2.85. The van der Waals surface area contributed by atoms with Crippen molar-refractivity contribution in [3.05, 3.63) is 59.5 Å². The first-order valence-electron chi connectivity index (χ1n) is 10.1. The van der Waals surface area contributed by atoms with Crippen LogP contribution in [-0.4, -0.2) is 39.1 Å². The highest BCUT2D eigenvalue weighted by molar-refractivity contribution is 5.94. The summed E-state index contributed by atoms with van der Waals surface area (Å²) in [5.41, 5.74) is 5.65. The van der Waals surface area contributed by atoms with Crippen LogP contribution in [0.25, 0.3) is 22.2 Å². The molecule has 7 heteroatoms. The Labute approximate surface area is 174 Å². The summed E-state index contributed by atoms with van der Waals surface area (Å²) in [5, 5.41) is 17.0. The van der Waals surface area contributed by atoms with E-state index in [0.29, 0.717) is 6.61 Å². The number of imidazole rings is 1. The van der Waals surface area contributed by atoms with Crippen molar-refractivity contribution in [2.24, 2.45) is 0 Å². The fourth-order valence-electron chi connectivity index (χ4n) is 4.20. The molecule has 0 saturated carbocycles. The van der Waals surface area contributed by atoms with E-state index in [4.69, 9.17) is 14.2 Å². The smallest absolute Gasteiger partial charge is 0.204 e. The minimum atomic E-state index is -0.122. The molecule has 0 saturated heterocycles. The molecule has 0 radical (unpaired) electrons. The van der Waals surface area contributed by atoms with Crippen molar-refractivity contribution >= 4 is 17.0 Å². The molecule has 7 nitrogen and oxygen atoms in total. The SMILES string of the molecule is Cc1noc(C)c1-c1ccc2nc(NC(C)CO)n3c2c1OCC3c1ccccc1. The van der Waals surface area contributed by atoms with Gasteiger partial charge in [-0.1, -0.05) is 35.5 Å². The van der Waals surface area contributed by atoms with Gasteiger partial charge in [0.1, 0.15) is 17.9 Å². The average Bonchev–Trinajstić information content (AvgIpc) is 3.30. The molecule has 2 unspecified atom stereocenters. The molecule has 2 aromatic heterocycles. The second-order valence-corrected chi connectivity index (χ2v) is 7.78. The van der Waals surface area contributed by atoms with Crippen molar-refractivity contribution < 1.29 is 14.4 Å². The maximum atomic E-state index is 9.57. The fraction of sp³-hybridized carbons (Fsp3) is 0.304. The Bertz CT molecular complexity index is 1190. The van der Waals surface area contributed by atoms with E-state index in [1.165, 1.54) is 0 Å². The number of ether oxygens (including phenoxy) is 1. The van der Waals surface area contributed by atoms with Gasteiger partial charge in [-0.15, -0.1) is 0 Å². The number of benzene rings is 2. The van der Waals surface area contributed by atoms with Crippen molar-refractivity contribution in [3.8, 4) is 16.9 Å². The number of rotatable bonds is 5. The summed E-state index contributed by atoms with van der Waals surface area (Å²) in [7, 11) is 0. The van der Waals surface area contributed by atoms with E-state index >= 15 is 0 Å². The Hall–Kier alpha value is -3.32. The number of aryl methyl sites for hydroxylation is 2. The molecular weight excluding hydrogens is 380 g/mol. The van der Waals surface area contributed by atoms with Crippen LogP contribution in [0.4, 0.5) is 5.95 Å². The Morgan fingerprint density at radius 1 is 1.20 bits per heavy atom. The Balaban J connectivity index is 1.77. The summed E-state index contributed by atoms with van der Waals surface area (Å²) in [6.07, 6.45) is 0. The highest BCUT2D eigenvalue weighted by Crippen LogP contribution is 2.45. The van der Waals surface area contributed by atoms with Crippen LogP contribution in [0, 0.1) is 13.8 Å². The van der Waals surface area contributed by atoms with Crippen molar-refractivity contribution in [3.63, 3.8) is 0 Å². The topological polar surface area (TPSA) is 85.3 Å². The lowest BCUT2D eigenvalue weighted by atomic mass is 10.00. The third-order valence-corrected chi connectivity index (χ3v) is 5.64. The molecule has 0 aliphatic carbocycles. The lowest BCUT2D eigenvalue weighted by Gasteiger charge is -2.29. The van der Waals surface area contributed by atoms with Crippen LogP contribution in [0.15, 0.2) is 47.0 Å². The number of aliphatic hydroxyl groups excluding tert-OH is 1. The van der Waals surface area contributed by atoms with Crippen LogP contribution >= 0.6 is 0 Å². The third-order valence-electron chi connectivity index (χ3n) is 5.64. The quantitative estimate of drug-likeness (QED) is 0.521. The number of aromatic nitrogens is 3. The molecule has 0 fully saturated rings. The molecule has 30 heavy (non-hydrogen) atoms. The molecule has 1 aliphatic rings. The van der Waals surface area contributed by atoms with Gasteiger partial charge in [0.2, 0.25) is 5.95 Å². The Morgan fingerprint density at radius 3 is 2.70 bits per heavy atom.